The Hall–Kier alpha value is -3.61. The number of fused-ring (bicyclic) bond motifs is 1. The SMILES string of the molecule is FC(F)(F)C(Oc1nc(OC(C(F)(F)F)C(F)(F)F)nc(-n2nnc3ccccc32)n1)C(F)(F)F. The van der Waals surface area contributed by atoms with E-state index in [1.807, 2.05) is 0 Å². The summed E-state index contributed by atoms with van der Waals surface area (Å²) in [6.45, 7) is 0. The molecule has 20 heteroatoms. The van der Waals surface area contributed by atoms with Crippen molar-refractivity contribution in [2.24, 2.45) is 0 Å². The van der Waals surface area contributed by atoms with Crippen molar-refractivity contribution < 1.29 is 62.2 Å². The minimum atomic E-state index is -6.13. The van der Waals surface area contributed by atoms with Crippen LogP contribution in [0.3, 0.4) is 0 Å². The van der Waals surface area contributed by atoms with Gasteiger partial charge in [-0.2, -0.15) is 67.3 Å². The molecule has 0 spiro atoms. The molecule has 0 aliphatic rings. The number of hydrogen-bond acceptors (Lipinski definition) is 7. The second kappa shape index (κ2) is 8.56. The van der Waals surface area contributed by atoms with Crippen LogP contribution in [0.2, 0.25) is 0 Å². The fourth-order valence-electron chi connectivity index (χ4n) is 2.39. The molecule has 8 nitrogen and oxygen atoms in total. The van der Waals surface area contributed by atoms with E-state index in [1.54, 1.807) is 0 Å². The van der Waals surface area contributed by atoms with Gasteiger partial charge in [0.25, 0.3) is 18.2 Å². The Morgan fingerprint density at radius 2 is 1.06 bits per heavy atom. The Kier molecular flexibility index (Phi) is 6.36. The molecule has 0 radical (unpaired) electrons. The van der Waals surface area contributed by atoms with E-state index in [0.29, 0.717) is 4.68 Å². The molecular weight excluding hydrogens is 524 g/mol. The Labute approximate surface area is 183 Å². The summed E-state index contributed by atoms with van der Waals surface area (Å²) in [6.07, 6.45) is -33.7. The molecule has 2 aromatic heterocycles. The van der Waals surface area contributed by atoms with Crippen molar-refractivity contribution in [1.82, 2.24) is 29.9 Å². The summed E-state index contributed by atoms with van der Waals surface area (Å²) in [6, 6.07) is 1.35. The average molecular weight is 530 g/mol. The normalized spacial score (nSPS) is 13.7. The zero-order valence-electron chi connectivity index (χ0n) is 16.0. The molecule has 35 heavy (non-hydrogen) atoms. The predicted octanol–water partition coefficient (Wildman–Crippen LogP) is 4.35. The van der Waals surface area contributed by atoms with E-state index in [9.17, 15) is 52.7 Å². The molecule has 0 saturated carbocycles. The predicted molar refractivity (Wildman–Crippen MR) is 85.3 cm³/mol. The van der Waals surface area contributed by atoms with E-state index in [2.05, 4.69) is 34.7 Å². The second-order valence-electron chi connectivity index (χ2n) is 6.35. The van der Waals surface area contributed by atoms with Gasteiger partial charge in [-0.25, -0.2) is 0 Å². The summed E-state index contributed by atoms with van der Waals surface area (Å²) in [7, 11) is 0. The van der Waals surface area contributed by atoms with Gasteiger partial charge in [0.1, 0.15) is 5.52 Å². The van der Waals surface area contributed by atoms with Gasteiger partial charge < -0.3 is 9.47 Å². The second-order valence-corrected chi connectivity index (χ2v) is 6.35. The molecule has 0 bridgehead atoms. The highest BCUT2D eigenvalue weighted by Gasteiger charge is 2.61. The minimum absolute atomic E-state index is 0.0322. The van der Waals surface area contributed by atoms with E-state index >= 15 is 0 Å². The maximum absolute atomic E-state index is 12.8. The third-order valence-electron chi connectivity index (χ3n) is 3.76. The molecule has 3 rings (SSSR count). The number of alkyl halides is 12. The van der Waals surface area contributed by atoms with Crippen LogP contribution in [-0.4, -0.2) is 66.9 Å². The number of ether oxygens (including phenoxy) is 2. The van der Waals surface area contributed by atoms with Crippen molar-refractivity contribution in [2.75, 3.05) is 0 Å². The van der Waals surface area contributed by atoms with Crippen molar-refractivity contribution in [3.63, 3.8) is 0 Å². The van der Waals surface area contributed by atoms with E-state index in [0.717, 1.165) is 0 Å². The van der Waals surface area contributed by atoms with E-state index in [4.69, 9.17) is 0 Å². The molecule has 0 aliphatic carbocycles. The standard InChI is InChI=1S/C15H6F12N6O2/c16-12(17,18)7(13(19,20)21)34-10-28-9(33-6-4-2-1-3-5(6)31-32-33)29-11(30-10)35-8(14(22,23)24)15(25,26)27/h1-4,7-8H. The molecular formula is C15H6F12N6O2. The van der Waals surface area contributed by atoms with Gasteiger partial charge in [-0.05, 0) is 12.1 Å². The highest BCUT2D eigenvalue weighted by atomic mass is 19.4. The lowest BCUT2D eigenvalue weighted by molar-refractivity contribution is -0.302. The average Bonchev–Trinajstić information content (AvgIpc) is 3.11. The number of halogens is 12. The zero-order valence-corrected chi connectivity index (χ0v) is 16.0. The molecule has 0 atom stereocenters. The summed E-state index contributed by atoms with van der Waals surface area (Å²) < 4.78 is 162. The molecule has 1 aromatic carbocycles. The van der Waals surface area contributed by atoms with Crippen molar-refractivity contribution in [3.05, 3.63) is 24.3 Å². The third-order valence-corrected chi connectivity index (χ3v) is 3.76. The van der Waals surface area contributed by atoms with Crippen LogP contribution in [0.15, 0.2) is 24.3 Å². The third kappa shape index (κ3) is 5.91. The van der Waals surface area contributed by atoms with Crippen molar-refractivity contribution >= 4 is 11.0 Å². The maximum Gasteiger partial charge on any atom is 0.434 e. The summed E-state index contributed by atoms with van der Waals surface area (Å²) in [5, 5.41) is 6.96. The van der Waals surface area contributed by atoms with Crippen LogP contribution >= 0.6 is 0 Å². The highest BCUT2D eigenvalue weighted by molar-refractivity contribution is 5.75. The number of nitrogens with zero attached hydrogens (tertiary/aromatic N) is 6. The Bertz CT molecular complexity index is 1110. The largest absolute Gasteiger partial charge is 0.440 e. The fourth-order valence-corrected chi connectivity index (χ4v) is 2.39. The lowest BCUT2D eigenvalue weighted by atomic mass is 10.3. The molecule has 0 aliphatic heterocycles. The first-order chi connectivity index (χ1) is 15.9. The van der Waals surface area contributed by atoms with Gasteiger partial charge >= 0.3 is 36.7 Å². The van der Waals surface area contributed by atoms with Gasteiger partial charge in [0.2, 0.25) is 0 Å². The van der Waals surface area contributed by atoms with Crippen LogP contribution in [0.25, 0.3) is 17.0 Å². The van der Waals surface area contributed by atoms with Crippen LogP contribution in [-0.2, 0) is 0 Å². The Balaban J connectivity index is 2.16. The topological polar surface area (TPSA) is 87.8 Å². The number of para-hydroxylation sites is 1. The van der Waals surface area contributed by atoms with Gasteiger partial charge in [0.05, 0.1) is 5.52 Å². The number of hydrogen-bond donors (Lipinski definition) is 0. The summed E-state index contributed by atoms with van der Waals surface area (Å²) in [5.74, 6) is -1.16. The molecule has 0 amide bonds. The summed E-state index contributed by atoms with van der Waals surface area (Å²) in [4.78, 5) is 8.82. The van der Waals surface area contributed by atoms with Crippen molar-refractivity contribution in [2.45, 2.75) is 36.9 Å². The summed E-state index contributed by atoms with van der Waals surface area (Å²) in [5.41, 5.74) is -0.0632. The van der Waals surface area contributed by atoms with Gasteiger partial charge in [-0.3, -0.25) is 0 Å². The Morgan fingerprint density at radius 1 is 0.629 bits per heavy atom. The van der Waals surface area contributed by atoms with E-state index in [1.165, 1.54) is 24.3 Å². The number of benzene rings is 1. The highest BCUT2D eigenvalue weighted by Crippen LogP contribution is 2.38. The molecule has 2 heterocycles. The van der Waals surface area contributed by atoms with Crippen LogP contribution in [0.1, 0.15) is 0 Å². The lowest BCUT2D eigenvalue weighted by Gasteiger charge is -2.24. The van der Waals surface area contributed by atoms with Crippen LogP contribution in [0.4, 0.5) is 52.7 Å². The van der Waals surface area contributed by atoms with Crippen molar-refractivity contribution in [3.8, 4) is 18.0 Å². The molecule has 3 aromatic rings. The molecule has 0 saturated heterocycles. The smallest absolute Gasteiger partial charge is 0.434 e. The first kappa shape index (κ1) is 26.0. The first-order valence-electron chi connectivity index (χ1n) is 8.54. The quantitative estimate of drug-likeness (QED) is 0.454. The minimum Gasteiger partial charge on any atom is -0.440 e. The maximum atomic E-state index is 12.8. The van der Waals surface area contributed by atoms with E-state index in [-0.39, 0.29) is 11.0 Å². The molecule has 0 unspecified atom stereocenters. The summed E-state index contributed by atoms with van der Waals surface area (Å²) >= 11 is 0. The molecule has 0 N–H and O–H groups in total. The van der Waals surface area contributed by atoms with Crippen LogP contribution < -0.4 is 9.47 Å². The lowest BCUT2D eigenvalue weighted by Crippen LogP contribution is -2.47. The van der Waals surface area contributed by atoms with Gasteiger partial charge in [-0.15, -0.1) is 10.1 Å². The molecule has 0 fully saturated rings. The van der Waals surface area contributed by atoms with Crippen LogP contribution in [0, 0.1) is 0 Å². The molecule has 192 valence electrons. The zero-order chi connectivity index (χ0) is 26.4. The first-order valence-corrected chi connectivity index (χ1v) is 8.54. The van der Waals surface area contributed by atoms with Gasteiger partial charge in [0.15, 0.2) is 0 Å². The fraction of sp³-hybridized carbons (Fsp3) is 0.400. The Morgan fingerprint density at radius 3 is 1.49 bits per heavy atom. The van der Waals surface area contributed by atoms with Crippen LogP contribution in [0.5, 0.6) is 12.0 Å². The number of aromatic nitrogens is 6. The number of rotatable bonds is 5. The monoisotopic (exact) mass is 530 g/mol. The van der Waals surface area contributed by atoms with E-state index < -0.39 is 54.9 Å². The van der Waals surface area contributed by atoms with Gasteiger partial charge in [0, 0.05) is 0 Å². The van der Waals surface area contributed by atoms with Crippen molar-refractivity contribution in [1.29, 1.82) is 0 Å². The van der Waals surface area contributed by atoms with Gasteiger partial charge in [-0.1, -0.05) is 17.3 Å².